The van der Waals surface area contributed by atoms with E-state index in [0.29, 0.717) is 0 Å². The van der Waals surface area contributed by atoms with Crippen LogP contribution in [0.15, 0.2) is 72.8 Å². The number of benzene rings is 3. The van der Waals surface area contributed by atoms with Gasteiger partial charge in [-0.05, 0) is 91.7 Å². The van der Waals surface area contributed by atoms with E-state index in [1.54, 1.807) is 0 Å². The molecular weight excluding hydrogens is 470 g/mol. The van der Waals surface area contributed by atoms with Gasteiger partial charge in [-0.3, -0.25) is 0 Å². The van der Waals surface area contributed by atoms with Crippen LogP contribution >= 0.6 is 45.2 Å². The largest absolute Gasteiger partial charge is 0.0616 e. The lowest BCUT2D eigenvalue weighted by Crippen LogP contribution is -1.84. The fourth-order valence-corrected chi connectivity index (χ4v) is 3.47. The van der Waals surface area contributed by atoms with Crippen molar-refractivity contribution >= 4 is 45.2 Å². The maximum atomic E-state index is 2.39. The van der Waals surface area contributed by atoms with Gasteiger partial charge in [-0.1, -0.05) is 48.5 Å². The predicted octanol–water partition coefficient (Wildman–Crippen LogP) is 6.23. The third kappa shape index (κ3) is 3.06. The lowest BCUT2D eigenvalue weighted by atomic mass is 9.99. The molecule has 0 aromatic heterocycles. The molecule has 0 spiro atoms. The van der Waals surface area contributed by atoms with Crippen molar-refractivity contribution in [2.75, 3.05) is 0 Å². The SMILES string of the molecule is Ic1cccc(-c2cccc(-c3ccccc3I)c2)c1. The highest BCUT2D eigenvalue weighted by molar-refractivity contribution is 14.1. The van der Waals surface area contributed by atoms with Gasteiger partial charge in [-0.2, -0.15) is 0 Å². The molecule has 0 bridgehead atoms. The van der Waals surface area contributed by atoms with Crippen LogP contribution < -0.4 is 0 Å². The Morgan fingerprint density at radius 2 is 1.20 bits per heavy atom. The van der Waals surface area contributed by atoms with E-state index in [-0.39, 0.29) is 0 Å². The fourth-order valence-electron chi connectivity index (χ4n) is 2.23. The molecule has 3 aromatic rings. The molecule has 0 fully saturated rings. The minimum atomic E-state index is 1.26. The van der Waals surface area contributed by atoms with Gasteiger partial charge >= 0.3 is 0 Å². The van der Waals surface area contributed by atoms with Gasteiger partial charge in [-0.15, -0.1) is 0 Å². The Balaban J connectivity index is 2.09. The smallest absolute Gasteiger partial charge is 0.0208 e. The second kappa shape index (κ2) is 6.26. The molecule has 3 aromatic carbocycles. The molecule has 2 heteroatoms. The standard InChI is InChI=1S/C18H12I2/c19-16-8-4-6-14(12-16)13-5-3-7-15(11-13)17-9-1-2-10-18(17)20/h1-12H. The minimum Gasteiger partial charge on any atom is -0.0616 e. The number of hydrogen-bond acceptors (Lipinski definition) is 0. The zero-order valence-corrected chi connectivity index (χ0v) is 15.0. The Kier molecular flexibility index (Phi) is 4.41. The maximum Gasteiger partial charge on any atom is 0.0208 e. The van der Waals surface area contributed by atoms with Crippen LogP contribution in [0.3, 0.4) is 0 Å². The second-order valence-electron chi connectivity index (χ2n) is 4.57. The minimum absolute atomic E-state index is 1.26. The first kappa shape index (κ1) is 14.1. The average molecular weight is 482 g/mol. The molecule has 0 atom stereocenters. The van der Waals surface area contributed by atoms with Crippen LogP contribution in [0.1, 0.15) is 0 Å². The van der Waals surface area contributed by atoms with E-state index in [4.69, 9.17) is 0 Å². The highest BCUT2D eigenvalue weighted by atomic mass is 127. The van der Waals surface area contributed by atoms with Crippen molar-refractivity contribution in [2.24, 2.45) is 0 Å². The first-order chi connectivity index (χ1) is 9.74. The van der Waals surface area contributed by atoms with Crippen molar-refractivity contribution in [3.05, 3.63) is 79.9 Å². The van der Waals surface area contributed by atoms with Crippen molar-refractivity contribution in [3.8, 4) is 22.3 Å². The lowest BCUT2D eigenvalue weighted by molar-refractivity contribution is 1.55. The molecule has 0 aliphatic carbocycles. The molecule has 0 aliphatic rings. The van der Waals surface area contributed by atoms with Gasteiger partial charge in [0.15, 0.2) is 0 Å². The molecular formula is C18H12I2. The third-order valence-electron chi connectivity index (χ3n) is 3.21. The highest BCUT2D eigenvalue weighted by Gasteiger charge is 2.04. The zero-order chi connectivity index (χ0) is 13.9. The van der Waals surface area contributed by atoms with Crippen LogP contribution in [-0.2, 0) is 0 Å². The summed E-state index contributed by atoms with van der Waals surface area (Å²) in [4.78, 5) is 0. The lowest BCUT2D eigenvalue weighted by Gasteiger charge is -2.08. The van der Waals surface area contributed by atoms with E-state index in [9.17, 15) is 0 Å². The predicted molar refractivity (Wildman–Crippen MR) is 103 cm³/mol. The summed E-state index contributed by atoms with van der Waals surface area (Å²) in [7, 11) is 0. The first-order valence-electron chi connectivity index (χ1n) is 6.35. The summed E-state index contributed by atoms with van der Waals surface area (Å²) in [5.41, 5.74) is 5.09. The Morgan fingerprint density at radius 3 is 1.95 bits per heavy atom. The molecule has 98 valence electrons. The topological polar surface area (TPSA) is 0 Å². The molecule has 0 heterocycles. The van der Waals surface area contributed by atoms with Crippen LogP contribution in [0.4, 0.5) is 0 Å². The van der Waals surface area contributed by atoms with E-state index in [0.717, 1.165) is 0 Å². The van der Waals surface area contributed by atoms with E-state index < -0.39 is 0 Å². The molecule has 0 unspecified atom stereocenters. The molecule has 0 saturated heterocycles. The van der Waals surface area contributed by atoms with Crippen molar-refractivity contribution < 1.29 is 0 Å². The quantitative estimate of drug-likeness (QED) is 0.380. The van der Waals surface area contributed by atoms with Crippen molar-refractivity contribution in [2.45, 2.75) is 0 Å². The van der Waals surface area contributed by atoms with Crippen LogP contribution in [-0.4, -0.2) is 0 Å². The van der Waals surface area contributed by atoms with E-state index in [1.807, 2.05) is 0 Å². The van der Waals surface area contributed by atoms with E-state index in [2.05, 4.69) is 118 Å². The Bertz CT molecular complexity index is 748. The average Bonchev–Trinajstić information content (AvgIpc) is 2.48. The van der Waals surface area contributed by atoms with Gasteiger partial charge in [0.25, 0.3) is 0 Å². The molecule has 0 saturated carbocycles. The van der Waals surface area contributed by atoms with Crippen molar-refractivity contribution in [1.29, 1.82) is 0 Å². The summed E-state index contributed by atoms with van der Waals surface area (Å²) in [5.74, 6) is 0. The van der Waals surface area contributed by atoms with E-state index >= 15 is 0 Å². The molecule has 20 heavy (non-hydrogen) atoms. The molecule has 0 N–H and O–H groups in total. The molecule has 0 aliphatic heterocycles. The van der Waals surface area contributed by atoms with Crippen LogP contribution in [0.25, 0.3) is 22.3 Å². The third-order valence-corrected chi connectivity index (χ3v) is 4.82. The van der Waals surface area contributed by atoms with Gasteiger partial charge in [0.1, 0.15) is 0 Å². The summed E-state index contributed by atoms with van der Waals surface area (Å²) in [6.07, 6.45) is 0. The first-order valence-corrected chi connectivity index (χ1v) is 8.51. The van der Waals surface area contributed by atoms with Crippen LogP contribution in [0.5, 0.6) is 0 Å². The van der Waals surface area contributed by atoms with Crippen molar-refractivity contribution in [1.82, 2.24) is 0 Å². The van der Waals surface area contributed by atoms with E-state index in [1.165, 1.54) is 29.4 Å². The number of hydrogen-bond donors (Lipinski definition) is 0. The summed E-state index contributed by atoms with van der Waals surface area (Å²) >= 11 is 4.75. The molecule has 0 amide bonds. The molecule has 3 rings (SSSR count). The number of rotatable bonds is 2. The zero-order valence-electron chi connectivity index (χ0n) is 10.7. The Labute approximate surface area is 146 Å². The second-order valence-corrected chi connectivity index (χ2v) is 6.98. The highest BCUT2D eigenvalue weighted by Crippen LogP contribution is 2.29. The van der Waals surface area contributed by atoms with Gasteiger partial charge in [-0.25, -0.2) is 0 Å². The van der Waals surface area contributed by atoms with Crippen molar-refractivity contribution in [3.63, 3.8) is 0 Å². The van der Waals surface area contributed by atoms with Crippen LogP contribution in [0, 0.1) is 7.14 Å². The summed E-state index contributed by atoms with van der Waals surface area (Å²) in [6, 6.07) is 25.8. The fraction of sp³-hybridized carbons (Fsp3) is 0. The summed E-state index contributed by atoms with van der Waals surface area (Å²) in [5, 5.41) is 0. The normalized spacial score (nSPS) is 10.5. The van der Waals surface area contributed by atoms with Gasteiger partial charge in [0, 0.05) is 7.14 Å². The summed E-state index contributed by atoms with van der Waals surface area (Å²) < 4.78 is 2.55. The van der Waals surface area contributed by atoms with Gasteiger partial charge in [0.2, 0.25) is 0 Å². The molecule has 0 radical (unpaired) electrons. The maximum absolute atomic E-state index is 2.39. The van der Waals surface area contributed by atoms with Gasteiger partial charge < -0.3 is 0 Å². The van der Waals surface area contributed by atoms with Gasteiger partial charge in [0.05, 0.1) is 0 Å². The molecule has 0 nitrogen and oxygen atoms in total. The Morgan fingerprint density at radius 1 is 0.550 bits per heavy atom. The number of halogens is 2. The Hall–Kier alpha value is -0.880. The summed E-state index contributed by atoms with van der Waals surface area (Å²) in [6.45, 7) is 0. The monoisotopic (exact) mass is 482 g/mol. The van der Waals surface area contributed by atoms with Crippen LogP contribution in [0.2, 0.25) is 0 Å².